The maximum Gasteiger partial charge on any atom is 0.299 e. The van der Waals surface area contributed by atoms with Gasteiger partial charge in [0.15, 0.2) is 0 Å². The van der Waals surface area contributed by atoms with Crippen molar-refractivity contribution in [3.63, 3.8) is 0 Å². The molecule has 1 aromatic rings. The van der Waals surface area contributed by atoms with Crippen molar-refractivity contribution < 1.29 is 13.5 Å². The minimum atomic E-state index is -3.86. The fourth-order valence-electron chi connectivity index (χ4n) is 0.888. The van der Waals surface area contributed by atoms with Crippen LogP contribution in [-0.4, -0.2) is 8.42 Å². The van der Waals surface area contributed by atoms with Gasteiger partial charge in [0.1, 0.15) is 0 Å². The van der Waals surface area contributed by atoms with Crippen molar-refractivity contribution in [2.24, 2.45) is 9.63 Å². The van der Waals surface area contributed by atoms with Crippen LogP contribution in [-0.2, 0) is 10.0 Å². The standard InChI is InChI=1S/C9H9ClN2O3S/c1-7-2-4-8(5-3-7)16(14,15)12-11-6-9(10)13/h2-6,13H,1H3/p-1. The van der Waals surface area contributed by atoms with Gasteiger partial charge in [0.2, 0.25) is 0 Å². The summed E-state index contributed by atoms with van der Waals surface area (Å²) in [5.74, 6) is 0. The lowest BCUT2D eigenvalue weighted by atomic mass is 10.2. The molecule has 0 atom stereocenters. The zero-order valence-electron chi connectivity index (χ0n) is 8.29. The molecule has 0 fully saturated rings. The van der Waals surface area contributed by atoms with Gasteiger partial charge in [-0.2, -0.15) is 8.42 Å². The lowest BCUT2D eigenvalue weighted by Gasteiger charge is -1.98. The van der Waals surface area contributed by atoms with E-state index in [1.165, 1.54) is 12.1 Å². The molecule has 0 bridgehead atoms. The third-order valence-corrected chi connectivity index (χ3v) is 2.91. The Morgan fingerprint density at radius 2 is 1.94 bits per heavy atom. The van der Waals surface area contributed by atoms with E-state index < -0.39 is 15.2 Å². The van der Waals surface area contributed by atoms with Gasteiger partial charge >= 0.3 is 0 Å². The van der Waals surface area contributed by atoms with E-state index in [0.717, 1.165) is 5.56 Å². The molecular weight excluding hydrogens is 252 g/mol. The highest BCUT2D eigenvalue weighted by atomic mass is 35.5. The number of hydrogen-bond acceptors (Lipinski definition) is 4. The Kier molecular flexibility index (Phi) is 4.03. The second kappa shape index (κ2) is 5.09. The highest BCUT2D eigenvalue weighted by Gasteiger charge is 2.11. The van der Waals surface area contributed by atoms with Crippen molar-refractivity contribution in [2.75, 3.05) is 0 Å². The average molecular weight is 260 g/mol. The molecule has 7 heteroatoms. The molecule has 16 heavy (non-hydrogen) atoms. The van der Waals surface area contributed by atoms with E-state index in [0.29, 0.717) is 6.20 Å². The van der Waals surface area contributed by atoms with Gasteiger partial charge in [-0.05, 0) is 24.3 Å². The number of aryl methyl sites for hydroxylation is 1. The van der Waals surface area contributed by atoms with Gasteiger partial charge in [0.25, 0.3) is 10.0 Å². The van der Waals surface area contributed by atoms with Gasteiger partial charge in [0.05, 0.1) is 11.1 Å². The third kappa shape index (κ3) is 3.63. The number of sulfonamides is 1. The summed E-state index contributed by atoms with van der Waals surface area (Å²) in [7, 11) is -3.86. The molecule has 0 aliphatic carbocycles. The SMILES string of the molecule is Cc1ccc(S(=O)(=O)N=NC=C([O-])Cl)cc1. The molecule has 0 saturated heterocycles. The molecule has 0 heterocycles. The Morgan fingerprint density at radius 1 is 1.38 bits per heavy atom. The van der Waals surface area contributed by atoms with Crippen LogP contribution in [0.4, 0.5) is 0 Å². The Bertz CT molecular complexity index is 516. The van der Waals surface area contributed by atoms with E-state index >= 15 is 0 Å². The molecule has 0 amide bonds. The predicted molar refractivity (Wildman–Crippen MR) is 57.2 cm³/mol. The summed E-state index contributed by atoms with van der Waals surface area (Å²) in [6.07, 6.45) is 0.618. The molecule has 0 aliphatic rings. The van der Waals surface area contributed by atoms with Crippen LogP contribution in [0.1, 0.15) is 5.56 Å². The van der Waals surface area contributed by atoms with Crippen LogP contribution < -0.4 is 5.11 Å². The van der Waals surface area contributed by atoms with Gasteiger partial charge in [-0.1, -0.05) is 22.2 Å². The van der Waals surface area contributed by atoms with Gasteiger partial charge in [-0.15, -0.1) is 16.7 Å². The summed E-state index contributed by atoms with van der Waals surface area (Å²) < 4.78 is 26.0. The van der Waals surface area contributed by atoms with Crippen LogP contribution in [0.25, 0.3) is 0 Å². The number of hydrogen-bond donors (Lipinski definition) is 0. The number of nitrogens with zero attached hydrogens (tertiary/aromatic N) is 2. The molecule has 0 saturated carbocycles. The Balaban J connectivity index is 2.99. The lowest BCUT2D eigenvalue weighted by molar-refractivity contribution is -0.286. The normalized spacial score (nSPS) is 13.2. The maximum absolute atomic E-state index is 11.5. The lowest BCUT2D eigenvalue weighted by Crippen LogP contribution is -1.96. The van der Waals surface area contributed by atoms with Crippen LogP contribution >= 0.6 is 11.6 Å². The highest BCUT2D eigenvalue weighted by Crippen LogP contribution is 2.13. The Hall–Kier alpha value is -1.40. The minimum Gasteiger partial charge on any atom is -0.863 e. The summed E-state index contributed by atoms with van der Waals surface area (Å²) in [5, 5.41) is 12.5. The molecule has 0 N–H and O–H groups in total. The first-order valence-corrected chi connectivity index (χ1v) is 6.00. The molecule has 0 unspecified atom stereocenters. The first-order chi connectivity index (χ1) is 7.42. The monoisotopic (exact) mass is 259 g/mol. The van der Waals surface area contributed by atoms with Crippen molar-refractivity contribution in [3.8, 4) is 0 Å². The molecule has 1 rings (SSSR count). The second-order valence-corrected chi connectivity index (χ2v) is 4.88. The van der Waals surface area contributed by atoms with Crippen molar-refractivity contribution in [1.82, 2.24) is 0 Å². The van der Waals surface area contributed by atoms with Gasteiger partial charge in [-0.3, -0.25) is 0 Å². The van der Waals surface area contributed by atoms with Crippen LogP contribution in [0.15, 0.2) is 50.2 Å². The van der Waals surface area contributed by atoms with Crippen LogP contribution in [0, 0.1) is 6.92 Å². The van der Waals surface area contributed by atoms with Gasteiger partial charge in [0, 0.05) is 0 Å². The summed E-state index contributed by atoms with van der Waals surface area (Å²) in [6.45, 7) is 1.83. The summed E-state index contributed by atoms with van der Waals surface area (Å²) in [5.41, 5.74) is 0.929. The number of rotatable bonds is 3. The quantitative estimate of drug-likeness (QED) is 0.610. The largest absolute Gasteiger partial charge is 0.863 e. The van der Waals surface area contributed by atoms with Gasteiger partial charge in [-0.25, -0.2) is 0 Å². The summed E-state index contributed by atoms with van der Waals surface area (Å²) >= 11 is 4.93. The van der Waals surface area contributed by atoms with Crippen LogP contribution in [0.2, 0.25) is 0 Å². The van der Waals surface area contributed by atoms with E-state index in [1.54, 1.807) is 12.1 Å². The van der Waals surface area contributed by atoms with Crippen molar-refractivity contribution in [3.05, 3.63) is 41.2 Å². The molecule has 0 aromatic heterocycles. The first-order valence-electron chi connectivity index (χ1n) is 4.18. The van der Waals surface area contributed by atoms with Crippen LogP contribution in [0.5, 0.6) is 0 Å². The molecule has 86 valence electrons. The minimum absolute atomic E-state index is 0.0114. The Morgan fingerprint density at radius 3 is 2.44 bits per heavy atom. The van der Waals surface area contributed by atoms with Crippen molar-refractivity contribution in [2.45, 2.75) is 11.8 Å². The zero-order valence-corrected chi connectivity index (χ0v) is 9.86. The van der Waals surface area contributed by atoms with E-state index in [9.17, 15) is 13.5 Å². The highest BCUT2D eigenvalue weighted by molar-refractivity contribution is 7.90. The maximum atomic E-state index is 11.5. The smallest absolute Gasteiger partial charge is 0.299 e. The second-order valence-electron chi connectivity index (χ2n) is 2.92. The molecule has 0 aliphatic heterocycles. The molecular formula is C9H8ClN2O3S-. The first kappa shape index (κ1) is 12.7. The van der Waals surface area contributed by atoms with E-state index in [-0.39, 0.29) is 4.90 Å². The topological polar surface area (TPSA) is 81.9 Å². The number of benzene rings is 1. The molecule has 0 radical (unpaired) electrons. The summed E-state index contributed by atoms with van der Waals surface area (Å²) in [6, 6.07) is 6.09. The molecule has 1 aromatic carbocycles. The third-order valence-electron chi connectivity index (χ3n) is 1.63. The fourth-order valence-corrected chi connectivity index (χ4v) is 1.68. The molecule has 0 spiro atoms. The summed E-state index contributed by atoms with van der Waals surface area (Å²) in [4.78, 5) is 0.0114. The van der Waals surface area contributed by atoms with Gasteiger partial charge < -0.3 is 5.11 Å². The zero-order chi connectivity index (χ0) is 12.2. The van der Waals surface area contributed by atoms with E-state index in [1.807, 2.05) is 6.92 Å². The van der Waals surface area contributed by atoms with Crippen LogP contribution in [0.3, 0.4) is 0 Å². The van der Waals surface area contributed by atoms with E-state index in [4.69, 9.17) is 11.6 Å². The number of halogens is 1. The van der Waals surface area contributed by atoms with Crippen molar-refractivity contribution in [1.29, 1.82) is 0 Å². The van der Waals surface area contributed by atoms with Crippen molar-refractivity contribution >= 4 is 21.6 Å². The average Bonchev–Trinajstić information content (AvgIpc) is 2.17. The fraction of sp³-hybridized carbons (Fsp3) is 0.111. The predicted octanol–water partition coefficient (Wildman–Crippen LogP) is 1.53. The molecule has 5 nitrogen and oxygen atoms in total. The Labute approximate surface area is 98.1 Å². The van der Waals surface area contributed by atoms with E-state index in [2.05, 4.69) is 9.63 Å².